The third kappa shape index (κ3) is 3.94. The van der Waals surface area contributed by atoms with Crippen molar-refractivity contribution >= 4 is 34.2 Å². The van der Waals surface area contributed by atoms with E-state index >= 15 is 0 Å². The van der Waals surface area contributed by atoms with Crippen LogP contribution >= 0.6 is 11.6 Å². The molecule has 2 heterocycles. The number of fused-ring (bicyclic) bond motifs is 1. The van der Waals surface area contributed by atoms with Crippen LogP contribution in [0.5, 0.6) is 0 Å². The van der Waals surface area contributed by atoms with E-state index in [0.717, 1.165) is 48.3 Å². The number of aromatic amines is 1. The van der Waals surface area contributed by atoms with Crippen molar-refractivity contribution in [3.8, 4) is 0 Å². The number of rotatable bonds is 4. The van der Waals surface area contributed by atoms with Crippen LogP contribution in [0.15, 0.2) is 48.5 Å². The molecule has 27 heavy (non-hydrogen) atoms. The van der Waals surface area contributed by atoms with Gasteiger partial charge in [-0.15, -0.1) is 0 Å². The predicted octanol–water partition coefficient (Wildman–Crippen LogP) is 3.93. The largest absolute Gasteiger partial charge is 0.456 e. The molecule has 0 saturated carbocycles. The fourth-order valence-electron chi connectivity index (χ4n) is 3.38. The minimum atomic E-state index is -0.356. The van der Waals surface area contributed by atoms with Gasteiger partial charge in [-0.3, -0.25) is 0 Å². The topological polar surface area (TPSA) is 48.6 Å². The van der Waals surface area contributed by atoms with Gasteiger partial charge < -0.3 is 19.5 Å². The molecule has 5 nitrogen and oxygen atoms in total. The first-order valence-corrected chi connectivity index (χ1v) is 9.45. The summed E-state index contributed by atoms with van der Waals surface area (Å²) >= 11 is 5.88. The number of nitrogens with one attached hydrogen (secondary N) is 1. The normalized spacial score (nSPS) is 15.3. The van der Waals surface area contributed by atoms with E-state index in [1.165, 1.54) is 0 Å². The lowest BCUT2D eigenvalue weighted by Gasteiger charge is -2.34. The molecule has 0 atom stereocenters. The lowest BCUT2D eigenvalue weighted by atomic mass is 10.1. The molecule has 0 bridgehead atoms. The smallest absolute Gasteiger partial charge is 0.355 e. The summed E-state index contributed by atoms with van der Waals surface area (Å²) in [6, 6.07) is 15.3. The SMILES string of the molecule is CN1CCN(c2cccc3[nH]c(C(=O)OCc4ccc(Cl)cc4)cc23)CC1. The van der Waals surface area contributed by atoms with Crippen LogP contribution in [0.1, 0.15) is 16.1 Å². The Bertz CT molecular complexity index is 944. The van der Waals surface area contributed by atoms with Crippen molar-refractivity contribution in [1.82, 2.24) is 9.88 Å². The van der Waals surface area contributed by atoms with E-state index in [0.29, 0.717) is 10.7 Å². The van der Waals surface area contributed by atoms with Crippen molar-refractivity contribution in [3.05, 3.63) is 64.8 Å². The fourth-order valence-corrected chi connectivity index (χ4v) is 3.51. The zero-order valence-electron chi connectivity index (χ0n) is 15.2. The van der Waals surface area contributed by atoms with Gasteiger partial charge in [-0.1, -0.05) is 29.8 Å². The number of aromatic nitrogens is 1. The third-order valence-corrected chi connectivity index (χ3v) is 5.24. The molecule has 140 valence electrons. The second-order valence-electron chi connectivity index (χ2n) is 6.91. The molecule has 3 aromatic rings. The Morgan fingerprint density at radius 1 is 1.11 bits per heavy atom. The van der Waals surface area contributed by atoms with Crippen molar-refractivity contribution in [3.63, 3.8) is 0 Å². The Morgan fingerprint density at radius 3 is 2.59 bits per heavy atom. The van der Waals surface area contributed by atoms with Crippen molar-refractivity contribution < 1.29 is 9.53 Å². The Hall–Kier alpha value is -2.50. The molecule has 0 spiro atoms. The van der Waals surface area contributed by atoms with Crippen molar-refractivity contribution in [2.45, 2.75) is 6.61 Å². The number of anilines is 1. The van der Waals surface area contributed by atoms with Crippen molar-refractivity contribution in [1.29, 1.82) is 0 Å². The number of halogens is 1. The molecule has 1 aromatic heterocycles. The first-order valence-electron chi connectivity index (χ1n) is 9.07. The summed E-state index contributed by atoms with van der Waals surface area (Å²) in [7, 11) is 2.14. The summed E-state index contributed by atoms with van der Waals surface area (Å²) in [6.07, 6.45) is 0. The number of H-pyrrole nitrogens is 1. The number of esters is 1. The van der Waals surface area contributed by atoms with E-state index in [4.69, 9.17) is 16.3 Å². The minimum absolute atomic E-state index is 0.219. The molecule has 4 rings (SSSR count). The van der Waals surface area contributed by atoms with Gasteiger partial charge in [0.05, 0.1) is 0 Å². The molecule has 0 aliphatic carbocycles. The van der Waals surface area contributed by atoms with Gasteiger partial charge in [-0.25, -0.2) is 4.79 Å². The summed E-state index contributed by atoms with van der Waals surface area (Å²) in [5.74, 6) is -0.356. The number of benzene rings is 2. The van der Waals surface area contributed by atoms with E-state index in [1.54, 1.807) is 12.1 Å². The predicted molar refractivity (Wildman–Crippen MR) is 109 cm³/mol. The summed E-state index contributed by atoms with van der Waals surface area (Å²) < 4.78 is 5.45. The lowest BCUT2D eigenvalue weighted by molar-refractivity contribution is 0.0467. The van der Waals surface area contributed by atoms with Gasteiger partial charge in [0, 0.05) is 47.8 Å². The van der Waals surface area contributed by atoms with Crippen LogP contribution in [0, 0.1) is 0 Å². The molecule has 1 aliphatic heterocycles. The molecule has 1 N–H and O–H groups in total. The first kappa shape index (κ1) is 17.9. The maximum atomic E-state index is 12.5. The summed E-state index contributed by atoms with van der Waals surface area (Å²) in [4.78, 5) is 20.4. The highest BCUT2D eigenvalue weighted by Gasteiger charge is 2.19. The molecule has 0 unspecified atom stereocenters. The second-order valence-corrected chi connectivity index (χ2v) is 7.35. The maximum absolute atomic E-state index is 12.5. The molecule has 2 aromatic carbocycles. The number of carbonyl (C=O) groups excluding carboxylic acids is 1. The fraction of sp³-hybridized carbons (Fsp3) is 0.286. The van der Waals surface area contributed by atoms with Gasteiger partial charge in [0.15, 0.2) is 0 Å². The molecule has 0 radical (unpaired) electrons. The molecular weight excluding hydrogens is 362 g/mol. The first-order chi connectivity index (χ1) is 13.1. The number of piperazine rings is 1. The van der Waals surface area contributed by atoms with Gasteiger partial charge in [0.2, 0.25) is 0 Å². The van der Waals surface area contributed by atoms with E-state index < -0.39 is 0 Å². The number of ether oxygens (including phenoxy) is 1. The van der Waals surface area contributed by atoms with Gasteiger partial charge in [0.1, 0.15) is 12.3 Å². The van der Waals surface area contributed by atoms with Crippen LogP contribution in [0.25, 0.3) is 10.9 Å². The number of carbonyl (C=O) groups is 1. The zero-order chi connectivity index (χ0) is 18.8. The quantitative estimate of drug-likeness (QED) is 0.693. The maximum Gasteiger partial charge on any atom is 0.355 e. The average Bonchev–Trinajstić information content (AvgIpc) is 3.12. The van der Waals surface area contributed by atoms with Crippen LogP contribution in [0.4, 0.5) is 5.69 Å². The number of hydrogen-bond acceptors (Lipinski definition) is 4. The summed E-state index contributed by atoms with van der Waals surface area (Å²) in [6.45, 7) is 4.26. The van der Waals surface area contributed by atoms with Crippen LogP contribution < -0.4 is 4.90 Å². The van der Waals surface area contributed by atoms with Crippen LogP contribution in [-0.2, 0) is 11.3 Å². The molecule has 1 saturated heterocycles. The third-order valence-electron chi connectivity index (χ3n) is 4.99. The minimum Gasteiger partial charge on any atom is -0.456 e. The lowest BCUT2D eigenvalue weighted by Crippen LogP contribution is -2.44. The van der Waals surface area contributed by atoms with Crippen LogP contribution in [0.3, 0.4) is 0 Å². The van der Waals surface area contributed by atoms with Crippen LogP contribution in [0.2, 0.25) is 5.02 Å². The Kier molecular flexibility index (Phi) is 5.05. The Labute approximate surface area is 163 Å². The Morgan fingerprint density at radius 2 is 1.85 bits per heavy atom. The van der Waals surface area contributed by atoms with E-state index in [9.17, 15) is 4.79 Å². The number of likely N-dealkylation sites (N-methyl/N-ethyl adjacent to an activating group) is 1. The van der Waals surface area contributed by atoms with E-state index in [1.807, 2.05) is 30.3 Å². The summed E-state index contributed by atoms with van der Waals surface area (Å²) in [5, 5.41) is 1.72. The standard InChI is InChI=1S/C21H22ClN3O2/c1-24-9-11-25(12-10-24)20-4-2-3-18-17(20)13-19(23-18)21(26)27-14-15-5-7-16(22)8-6-15/h2-8,13,23H,9-12,14H2,1H3. The second kappa shape index (κ2) is 7.62. The molecule has 6 heteroatoms. The van der Waals surface area contributed by atoms with Crippen molar-refractivity contribution in [2.75, 3.05) is 38.1 Å². The summed E-state index contributed by atoms with van der Waals surface area (Å²) in [5.41, 5.74) is 3.49. The monoisotopic (exact) mass is 383 g/mol. The highest BCUT2D eigenvalue weighted by atomic mass is 35.5. The van der Waals surface area contributed by atoms with Gasteiger partial charge in [0.25, 0.3) is 0 Å². The number of nitrogens with zero attached hydrogens (tertiary/aromatic N) is 2. The van der Waals surface area contributed by atoms with Gasteiger partial charge in [-0.2, -0.15) is 0 Å². The highest BCUT2D eigenvalue weighted by Crippen LogP contribution is 2.28. The van der Waals surface area contributed by atoms with Crippen LogP contribution in [-0.4, -0.2) is 49.1 Å². The van der Waals surface area contributed by atoms with E-state index in [-0.39, 0.29) is 12.6 Å². The Balaban J connectivity index is 1.51. The molecule has 0 amide bonds. The number of hydrogen-bond donors (Lipinski definition) is 1. The average molecular weight is 384 g/mol. The molecule has 1 aliphatic rings. The molecular formula is C21H22ClN3O2. The van der Waals surface area contributed by atoms with E-state index in [2.05, 4.69) is 27.9 Å². The molecule has 1 fully saturated rings. The van der Waals surface area contributed by atoms with Gasteiger partial charge >= 0.3 is 5.97 Å². The zero-order valence-corrected chi connectivity index (χ0v) is 16.0. The highest BCUT2D eigenvalue weighted by molar-refractivity contribution is 6.30. The van der Waals surface area contributed by atoms with Crippen molar-refractivity contribution in [2.24, 2.45) is 0 Å². The van der Waals surface area contributed by atoms with Gasteiger partial charge in [-0.05, 0) is 42.9 Å².